The standard InChI is InChI=1S/C24H21ClFN5O2S.C23H21ClFN3O3S.C21H20FN3O3S.CH4/c1-14-4-5-21(20(26)10-14)34(32,33)13-19-15(2)18(12-29-24(19)25)17-6-8-28-23(11-17)31-22-7-9-27-16(3)30-22;1-13-3-6-20(19(25)9-13)32(30,31)12-18-14(2)17(11-27-22(18)24)16-7-8-26-21(10-16)28-23(29)15-4-5-15;1-13-4-5-21(19(22)8-13)29(27,28)25-20-11-17(12-24-15(20)3)16-6-7-23-18(10-16)9-14(2)26;/h4-12H,13H2,1-3H3,(H,27,28,30,31);3,6-11,15H,4-5,12H2,1-2H3,(H,26,28,29);4-8,10-12,25H,9H2,1-3H3;1H4. The van der Waals surface area contributed by atoms with Crippen LogP contribution >= 0.6 is 23.2 Å². The molecule has 3 N–H and O–H groups in total. The smallest absolute Gasteiger partial charge is 0.264 e. The van der Waals surface area contributed by atoms with E-state index in [-0.39, 0.29) is 57.2 Å². The van der Waals surface area contributed by atoms with E-state index >= 15 is 0 Å². The van der Waals surface area contributed by atoms with E-state index in [1.54, 1.807) is 153 Å². The number of sulfonamides is 1. The van der Waals surface area contributed by atoms with Crippen LogP contribution in [0.2, 0.25) is 10.3 Å². The Hall–Kier alpha value is -9.40. The number of hydrogen-bond donors (Lipinski definition) is 3. The van der Waals surface area contributed by atoms with Crippen LogP contribution in [0.4, 0.5) is 36.3 Å². The van der Waals surface area contributed by atoms with Crippen molar-refractivity contribution in [1.82, 2.24) is 39.9 Å². The molecule has 96 heavy (non-hydrogen) atoms. The molecule has 0 aliphatic heterocycles. The zero-order chi connectivity index (χ0) is 68.7. The summed E-state index contributed by atoms with van der Waals surface area (Å²) in [5, 5.41) is 6.02. The minimum atomic E-state index is -4.13. The van der Waals surface area contributed by atoms with Crippen molar-refractivity contribution in [1.29, 1.82) is 0 Å². The second-order valence-corrected chi connectivity index (χ2v) is 28.8. The van der Waals surface area contributed by atoms with Crippen molar-refractivity contribution < 1.29 is 48.0 Å². The van der Waals surface area contributed by atoms with Crippen molar-refractivity contribution in [3.63, 3.8) is 0 Å². The first kappa shape index (κ1) is 72.4. The van der Waals surface area contributed by atoms with Gasteiger partial charge in [0.1, 0.15) is 71.5 Å². The number of carbonyl (C=O) groups excluding carboxylic acids is 2. The first-order valence-electron chi connectivity index (χ1n) is 29.2. The lowest BCUT2D eigenvalue weighted by Gasteiger charge is -2.14. The molecule has 1 fully saturated rings. The molecule has 1 amide bonds. The van der Waals surface area contributed by atoms with Gasteiger partial charge in [-0.3, -0.25) is 24.3 Å². The van der Waals surface area contributed by atoms with E-state index in [2.05, 4.69) is 55.2 Å². The van der Waals surface area contributed by atoms with Gasteiger partial charge in [0.2, 0.25) is 5.91 Å². The normalized spacial score (nSPS) is 12.1. The van der Waals surface area contributed by atoms with Crippen molar-refractivity contribution in [3.05, 3.63) is 230 Å². The minimum Gasteiger partial charge on any atom is -0.325 e. The summed E-state index contributed by atoms with van der Waals surface area (Å²) in [5.74, 6) is -1.24. The van der Waals surface area contributed by atoms with Crippen molar-refractivity contribution in [3.8, 4) is 33.4 Å². The third kappa shape index (κ3) is 18.1. The van der Waals surface area contributed by atoms with Gasteiger partial charge in [-0.2, -0.15) is 0 Å². The van der Waals surface area contributed by atoms with Crippen LogP contribution in [0.3, 0.4) is 0 Å². The average molecular weight is 1400 g/mol. The Labute approximate surface area is 565 Å². The number of Topliss-reactive ketones (excluding diaryl/α,β-unsaturated/α-hetero) is 1. The predicted octanol–water partition coefficient (Wildman–Crippen LogP) is 14.7. The molecule has 0 bridgehead atoms. The second kappa shape index (κ2) is 30.6. The van der Waals surface area contributed by atoms with Gasteiger partial charge in [0.15, 0.2) is 19.7 Å². The molecule has 19 nitrogen and oxygen atoms in total. The number of anilines is 4. The summed E-state index contributed by atoms with van der Waals surface area (Å²) in [4.78, 5) is 55.9. The summed E-state index contributed by atoms with van der Waals surface area (Å²) in [7, 11) is -12.1. The maximum atomic E-state index is 14.4. The van der Waals surface area contributed by atoms with E-state index < -0.39 is 63.6 Å². The van der Waals surface area contributed by atoms with E-state index in [1.165, 1.54) is 49.4 Å². The Morgan fingerprint density at radius 2 is 1.00 bits per heavy atom. The molecule has 498 valence electrons. The zero-order valence-corrected chi connectivity index (χ0v) is 56.4. The molecule has 0 saturated heterocycles. The number of benzene rings is 3. The number of nitrogens with zero attached hydrogens (tertiary/aromatic N) is 8. The molecule has 0 spiro atoms. The highest BCUT2D eigenvalue weighted by Crippen LogP contribution is 2.36. The van der Waals surface area contributed by atoms with Gasteiger partial charge in [0.25, 0.3) is 10.0 Å². The molecule has 27 heteroatoms. The van der Waals surface area contributed by atoms with Gasteiger partial charge >= 0.3 is 0 Å². The first-order valence-corrected chi connectivity index (χ1v) is 34.8. The summed E-state index contributed by atoms with van der Waals surface area (Å²) < 4.78 is 123. The van der Waals surface area contributed by atoms with Crippen LogP contribution in [-0.4, -0.2) is 76.8 Å². The van der Waals surface area contributed by atoms with Gasteiger partial charge in [0.05, 0.1) is 22.9 Å². The van der Waals surface area contributed by atoms with Gasteiger partial charge in [-0.1, -0.05) is 48.8 Å². The van der Waals surface area contributed by atoms with Gasteiger partial charge in [-0.25, -0.2) is 68.3 Å². The molecule has 0 atom stereocenters. The number of rotatable bonds is 18. The van der Waals surface area contributed by atoms with Crippen LogP contribution in [0.5, 0.6) is 0 Å². The van der Waals surface area contributed by atoms with Gasteiger partial charge in [0, 0.05) is 89.2 Å². The van der Waals surface area contributed by atoms with Crippen LogP contribution in [0.15, 0.2) is 161 Å². The summed E-state index contributed by atoms with van der Waals surface area (Å²) in [6.45, 7) is 13.5. The van der Waals surface area contributed by atoms with E-state index in [1.807, 2.05) is 0 Å². The van der Waals surface area contributed by atoms with E-state index in [0.717, 1.165) is 24.0 Å². The minimum absolute atomic E-state index is 0. The molecule has 0 radical (unpaired) electrons. The zero-order valence-electron chi connectivity index (χ0n) is 52.4. The fourth-order valence-electron chi connectivity index (χ4n) is 9.79. The maximum absolute atomic E-state index is 14.4. The molecule has 1 aliphatic carbocycles. The summed E-state index contributed by atoms with van der Waals surface area (Å²) in [6.07, 6.45) is 13.1. The van der Waals surface area contributed by atoms with Gasteiger partial charge < -0.3 is 10.6 Å². The predicted molar refractivity (Wildman–Crippen MR) is 365 cm³/mol. The molecule has 11 rings (SSSR count). The number of ketones is 1. The van der Waals surface area contributed by atoms with Crippen LogP contribution in [-0.2, 0) is 57.2 Å². The monoisotopic (exact) mass is 1400 g/mol. The fraction of sp³-hybridized carbons (Fsp3) is 0.217. The number of aromatic nitrogens is 8. The topological polar surface area (TPSA) is 276 Å². The van der Waals surface area contributed by atoms with Crippen molar-refractivity contribution in [2.75, 3.05) is 15.4 Å². The van der Waals surface area contributed by atoms with Crippen molar-refractivity contribution in [2.24, 2.45) is 5.92 Å². The van der Waals surface area contributed by atoms with Crippen LogP contribution in [0.25, 0.3) is 33.4 Å². The number of carbonyl (C=O) groups is 2. The van der Waals surface area contributed by atoms with E-state index in [9.17, 15) is 48.0 Å². The highest BCUT2D eigenvalue weighted by Gasteiger charge is 2.31. The number of hydrogen-bond acceptors (Lipinski definition) is 17. The van der Waals surface area contributed by atoms with Gasteiger partial charge in [-0.05, 0) is 198 Å². The lowest BCUT2D eigenvalue weighted by molar-refractivity contribution is -0.117. The molecular formula is C69H66Cl2F3N11O8S3. The third-order valence-corrected chi connectivity index (χ3v) is 20.4. The fourth-order valence-corrected chi connectivity index (χ4v) is 14.7. The van der Waals surface area contributed by atoms with E-state index in [4.69, 9.17) is 23.2 Å². The molecule has 0 unspecified atom stereocenters. The van der Waals surface area contributed by atoms with E-state index in [0.29, 0.717) is 95.9 Å². The summed E-state index contributed by atoms with van der Waals surface area (Å²) in [6, 6.07) is 25.8. The number of halogens is 5. The summed E-state index contributed by atoms with van der Waals surface area (Å²) >= 11 is 12.5. The summed E-state index contributed by atoms with van der Waals surface area (Å²) in [5.41, 5.74) is 9.20. The Morgan fingerprint density at radius 1 is 0.521 bits per heavy atom. The molecule has 10 aromatic rings. The Bertz CT molecular complexity index is 4990. The Balaban J connectivity index is 0.000000184. The van der Waals surface area contributed by atoms with Crippen LogP contribution in [0.1, 0.15) is 83.3 Å². The number of nitrogens with one attached hydrogen (secondary N) is 3. The van der Waals surface area contributed by atoms with Gasteiger partial charge in [-0.15, -0.1) is 0 Å². The number of sulfone groups is 2. The van der Waals surface area contributed by atoms with Crippen molar-refractivity contribution >= 4 is 87.7 Å². The second-order valence-electron chi connectivity index (χ2n) is 22.6. The Kier molecular flexibility index (Phi) is 23.1. The number of aryl methyl sites for hydroxylation is 5. The highest BCUT2D eigenvalue weighted by atomic mass is 35.5. The molecule has 3 aromatic carbocycles. The molecule has 1 aliphatic rings. The highest BCUT2D eigenvalue weighted by molar-refractivity contribution is 7.92. The SMILES string of the molecule is C.CC(=O)Cc1cc(-c2cnc(C)c(NS(=O)(=O)c3ccc(C)cc3F)c2)ccn1.Cc1ccc(S(=O)(=O)Cc2c(Cl)ncc(-c3ccnc(NC(=O)C4CC4)c3)c2C)c(F)c1.Cc1ccc(S(=O)(=O)Cc2c(Cl)ncc(-c3ccnc(Nc4ccnc(C)n4)c3)c2C)c(F)c1. The van der Waals surface area contributed by atoms with Crippen molar-refractivity contribution in [2.45, 2.75) is 108 Å². The third-order valence-electron chi connectivity index (χ3n) is 15.0. The quantitative estimate of drug-likeness (QED) is 0.0673. The lowest BCUT2D eigenvalue weighted by atomic mass is 10.0. The Morgan fingerprint density at radius 3 is 1.50 bits per heavy atom. The average Bonchev–Trinajstić information content (AvgIpc) is 0.901. The largest absolute Gasteiger partial charge is 0.325 e. The molecule has 7 aromatic heterocycles. The number of amides is 1. The maximum Gasteiger partial charge on any atom is 0.264 e. The molecule has 7 heterocycles. The number of pyridine rings is 6. The molecular weight excluding hydrogens is 1330 g/mol. The van der Waals surface area contributed by atoms with Crippen LogP contribution in [0, 0.1) is 71.8 Å². The first-order chi connectivity index (χ1) is 44.9. The van der Waals surface area contributed by atoms with Crippen LogP contribution < -0.4 is 15.4 Å². The molecule has 1 saturated carbocycles. The lowest BCUT2D eigenvalue weighted by Crippen LogP contribution is -2.16.